The molecule has 1 saturated heterocycles. The van der Waals surface area contributed by atoms with E-state index in [1.807, 2.05) is 6.07 Å². The number of hydrogen-bond acceptors (Lipinski definition) is 3. The molecule has 0 aliphatic carbocycles. The number of anilines is 1. The normalized spacial score (nSPS) is 18.2. The number of aliphatic imine (C=N–C) groups is 1. The molecule has 6 nitrogen and oxygen atoms in total. The Labute approximate surface area is 142 Å². The Kier molecular flexibility index (Phi) is 6.40. The molecule has 24 heavy (non-hydrogen) atoms. The molecule has 1 aromatic rings. The summed E-state index contributed by atoms with van der Waals surface area (Å²) in [5, 5.41) is 6.34. The standard InChI is InChI=1S/C17H26FN5O/c1-19-17(20-11-16(24)22(2)3)21-13-7-6-10-23(12-13)15-9-5-4-8-14(15)18/h4-5,8-9,13H,6-7,10-12H2,1-3H3,(H2,19,20,21). The molecule has 7 heteroatoms. The molecular weight excluding hydrogens is 309 g/mol. The third-order valence-corrected chi connectivity index (χ3v) is 4.08. The molecule has 0 saturated carbocycles. The summed E-state index contributed by atoms with van der Waals surface area (Å²) in [4.78, 5) is 19.4. The van der Waals surface area contributed by atoms with Crippen molar-refractivity contribution in [3.63, 3.8) is 0 Å². The van der Waals surface area contributed by atoms with Gasteiger partial charge in [-0.25, -0.2) is 4.39 Å². The van der Waals surface area contributed by atoms with Gasteiger partial charge in [0.15, 0.2) is 5.96 Å². The van der Waals surface area contributed by atoms with Crippen LogP contribution in [0.15, 0.2) is 29.3 Å². The Balaban J connectivity index is 1.92. The number of nitrogens with one attached hydrogen (secondary N) is 2. The van der Waals surface area contributed by atoms with E-state index < -0.39 is 0 Å². The summed E-state index contributed by atoms with van der Waals surface area (Å²) in [6, 6.07) is 6.99. The quantitative estimate of drug-likeness (QED) is 0.638. The second-order valence-corrected chi connectivity index (χ2v) is 6.09. The summed E-state index contributed by atoms with van der Waals surface area (Å²) in [6.45, 7) is 1.73. The van der Waals surface area contributed by atoms with Crippen molar-refractivity contribution in [1.82, 2.24) is 15.5 Å². The molecule has 1 aliphatic heterocycles. The zero-order valence-corrected chi connectivity index (χ0v) is 14.6. The number of nitrogens with zero attached hydrogens (tertiary/aromatic N) is 3. The summed E-state index contributed by atoms with van der Waals surface area (Å²) in [5.41, 5.74) is 0.634. The number of piperidine rings is 1. The van der Waals surface area contributed by atoms with E-state index in [4.69, 9.17) is 0 Å². The van der Waals surface area contributed by atoms with E-state index in [0.29, 0.717) is 18.2 Å². The highest BCUT2D eigenvalue weighted by molar-refractivity contribution is 5.86. The van der Waals surface area contributed by atoms with Gasteiger partial charge in [0.05, 0.1) is 12.2 Å². The first kappa shape index (κ1) is 18.0. The first-order valence-electron chi connectivity index (χ1n) is 8.18. The summed E-state index contributed by atoms with van der Waals surface area (Å²) in [6.07, 6.45) is 1.95. The molecule has 1 aromatic carbocycles. The summed E-state index contributed by atoms with van der Waals surface area (Å²) >= 11 is 0. The lowest BCUT2D eigenvalue weighted by molar-refractivity contribution is -0.127. The molecule has 0 radical (unpaired) electrons. The fourth-order valence-corrected chi connectivity index (χ4v) is 2.73. The highest BCUT2D eigenvalue weighted by Crippen LogP contribution is 2.22. The fourth-order valence-electron chi connectivity index (χ4n) is 2.73. The minimum absolute atomic E-state index is 0.0189. The van der Waals surface area contributed by atoms with Crippen molar-refractivity contribution in [3.8, 4) is 0 Å². The van der Waals surface area contributed by atoms with Crippen molar-refractivity contribution in [2.24, 2.45) is 4.99 Å². The average Bonchev–Trinajstić information content (AvgIpc) is 2.58. The van der Waals surface area contributed by atoms with E-state index in [1.165, 1.54) is 11.0 Å². The number of hydrogen-bond donors (Lipinski definition) is 2. The highest BCUT2D eigenvalue weighted by Gasteiger charge is 2.22. The van der Waals surface area contributed by atoms with Crippen molar-refractivity contribution >= 4 is 17.6 Å². The lowest BCUT2D eigenvalue weighted by Gasteiger charge is -2.35. The topological polar surface area (TPSA) is 60.0 Å². The number of guanidine groups is 1. The highest BCUT2D eigenvalue weighted by atomic mass is 19.1. The molecule has 132 valence electrons. The SMILES string of the molecule is CN=C(NCC(=O)N(C)C)NC1CCCN(c2ccccc2F)C1. The van der Waals surface area contributed by atoms with Gasteiger partial charge in [0.1, 0.15) is 5.82 Å². The fraction of sp³-hybridized carbons (Fsp3) is 0.529. The Morgan fingerprint density at radius 1 is 1.42 bits per heavy atom. The number of para-hydroxylation sites is 1. The van der Waals surface area contributed by atoms with E-state index in [0.717, 1.165) is 19.4 Å². The van der Waals surface area contributed by atoms with Gasteiger partial charge in [-0.2, -0.15) is 0 Å². The maximum Gasteiger partial charge on any atom is 0.241 e. The molecule has 1 fully saturated rings. The van der Waals surface area contributed by atoms with E-state index in [2.05, 4.69) is 20.5 Å². The van der Waals surface area contributed by atoms with E-state index in [9.17, 15) is 9.18 Å². The summed E-state index contributed by atoms with van der Waals surface area (Å²) < 4.78 is 14.0. The molecule has 1 amide bonds. The van der Waals surface area contributed by atoms with Crippen LogP contribution in [0, 0.1) is 5.82 Å². The van der Waals surface area contributed by atoms with Crippen LogP contribution in [0.1, 0.15) is 12.8 Å². The molecule has 1 unspecified atom stereocenters. The minimum atomic E-state index is -0.197. The lowest BCUT2D eigenvalue weighted by Crippen LogP contribution is -2.52. The van der Waals surface area contributed by atoms with Gasteiger partial charge in [-0.3, -0.25) is 9.79 Å². The maximum atomic E-state index is 14.0. The predicted octanol–water partition coefficient (Wildman–Crippen LogP) is 1.05. The molecule has 2 N–H and O–H groups in total. The molecule has 2 rings (SSSR count). The van der Waals surface area contributed by atoms with Gasteiger partial charge in [0.25, 0.3) is 0 Å². The van der Waals surface area contributed by atoms with Crippen molar-refractivity contribution in [2.45, 2.75) is 18.9 Å². The van der Waals surface area contributed by atoms with Crippen LogP contribution < -0.4 is 15.5 Å². The maximum absolute atomic E-state index is 14.0. The van der Waals surface area contributed by atoms with Crippen molar-refractivity contribution in [3.05, 3.63) is 30.1 Å². The van der Waals surface area contributed by atoms with Gasteiger partial charge in [-0.05, 0) is 25.0 Å². The molecule has 1 heterocycles. The number of carbonyl (C=O) groups is 1. The Hall–Kier alpha value is -2.31. The van der Waals surface area contributed by atoms with Crippen LogP contribution in [0.25, 0.3) is 0 Å². The van der Waals surface area contributed by atoms with Gasteiger partial charge >= 0.3 is 0 Å². The Morgan fingerprint density at radius 3 is 2.83 bits per heavy atom. The third-order valence-electron chi connectivity index (χ3n) is 4.08. The zero-order valence-electron chi connectivity index (χ0n) is 14.6. The molecule has 0 spiro atoms. The lowest BCUT2D eigenvalue weighted by atomic mass is 10.0. The average molecular weight is 335 g/mol. The van der Waals surface area contributed by atoms with Gasteiger partial charge in [-0.15, -0.1) is 0 Å². The smallest absolute Gasteiger partial charge is 0.241 e. The van der Waals surface area contributed by atoms with Crippen LogP contribution in [0.4, 0.5) is 10.1 Å². The molecule has 1 atom stereocenters. The monoisotopic (exact) mass is 335 g/mol. The third kappa shape index (κ3) is 4.84. The number of carbonyl (C=O) groups excluding carboxylic acids is 1. The number of likely N-dealkylation sites (N-methyl/N-ethyl adjacent to an activating group) is 1. The number of halogens is 1. The van der Waals surface area contributed by atoms with Crippen molar-refractivity contribution < 1.29 is 9.18 Å². The predicted molar refractivity (Wildman–Crippen MR) is 94.8 cm³/mol. The minimum Gasteiger partial charge on any atom is -0.367 e. The molecular formula is C17H26FN5O. The molecule has 1 aliphatic rings. The van der Waals surface area contributed by atoms with E-state index >= 15 is 0 Å². The molecule has 0 aromatic heterocycles. The second-order valence-electron chi connectivity index (χ2n) is 6.09. The largest absolute Gasteiger partial charge is 0.367 e. The summed E-state index contributed by atoms with van der Waals surface area (Å²) in [7, 11) is 5.11. The van der Waals surface area contributed by atoms with Crippen LogP contribution in [0.2, 0.25) is 0 Å². The van der Waals surface area contributed by atoms with Crippen LogP contribution in [0.3, 0.4) is 0 Å². The van der Waals surface area contributed by atoms with Crippen LogP contribution >= 0.6 is 0 Å². The van der Waals surface area contributed by atoms with Gasteiger partial charge in [-0.1, -0.05) is 12.1 Å². The first-order chi connectivity index (χ1) is 11.5. The van der Waals surface area contributed by atoms with Crippen molar-refractivity contribution in [2.75, 3.05) is 45.7 Å². The van der Waals surface area contributed by atoms with Crippen molar-refractivity contribution in [1.29, 1.82) is 0 Å². The van der Waals surface area contributed by atoms with Crippen LogP contribution in [-0.4, -0.2) is 63.6 Å². The van der Waals surface area contributed by atoms with Crippen LogP contribution in [0.5, 0.6) is 0 Å². The molecule has 0 bridgehead atoms. The van der Waals surface area contributed by atoms with Crippen LogP contribution in [-0.2, 0) is 4.79 Å². The number of rotatable bonds is 4. The zero-order chi connectivity index (χ0) is 17.5. The van der Waals surface area contributed by atoms with Gasteiger partial charge in [0, 0.05) is 40.3 Å². The Morgan fingerprint density at radius 2 is 2.17 bits per heavy atom. The van der Waals surface area contributed by atoms with E-state index in [1.54, 1.807) is 33.3 Å². The second kappa shape index (κ2) is 8.52. The van der Waals surface area contributed by atoms with E-state index in [-0.39, 0.29) is 24.3 Å². The Bertz CT molecular complexity index is 590. The summed E-state index contributed by atoms with van der Waals surface area (Å²) in [5.74, 6) is 0.373. The van der Waals surface area contributed by atoms with Gasteiger partial charge in [0.2, 0.25) is 5.91 Å². The first-order valence-corrected chi connectivity index (χ1v) is 8.18. The van der Waals surface area contributed by atoms with Gasteiger partial charge < -0.3 is 20.4 Å². The number of amides is 1. The number of benzene rings is 1.